The highest BCUT2D eigenvalue weighted by Gasteiger charge is 2.19. The van der Waals surface area contributed by atoms with Gasteiger partial charge in [-0.3, -0.25) is 14.4 Å². The number of hydrogen-bond acceptors (Lipinski definition) is 6. The summed E-state index contributed by atoms with van der Waals surface area (Å²) in [7, 11) is 0. The molecule has 1 atom stereocenters. The Morgan fingerprint density at radius 2 is 0.565 bits per heavy atom. The predicted molar refractivity (Wildman–Crippen MR) is 297 cm³/mol. The molecule has 0 radical (unpaired) electrons. The average molecular weight is 956 g/mol. The number of rotatable bonds is 49. The highest BCUT2D eigenvalue weighted by Crippen LogP contribution is 2.13. The third-order valence-electron chi connectivity index (χ3n) is 11.5. The molecule has 0 N–H and O–H groups in total. The van der Waals surface area contributed by atoms with Gasteiger partial charge in [0.05, 0.1) is 0 Å². The third kappa shape index (κ3) is 54.6. The van der Waals surface area contributed by atoms with Crippen LogP contribution in [0.5, 0.6) is 0 Å². The van der Waals surface area contributed by atoms with Crippen LogP contribution in [0.1, 0.15) is 239 Å². The van der Waals surface area contributed by atoms with Crippen molar-refractivity contribution in [1.29, 1.82) is 0 Å². The fourth-order valence-electron chi connectivity index (χ4n) is 7.25. The number of hydrogen-bond donors (Lipinski definition) is 0. The van der Waals surface area contributed by atoms with Gasteiger partial charge in [0.1, 0.15) is 13.2 Å². The van der Waals surface area contributed by atoms with Gasteiger partial charge >= 0.3 is 17.9 Å². The van der Waals surface area contributed by atoms with Crippen molar-refractivity contribution in [1.82, 2.24) is 0 Å². The van der Waals surface area contributed by atoms with Gasteiger partial charge in [0, 0.05) is 19.3 Å². The van der Waals surface area contributed by atoms with Gasteiger partial charge in [0.25, 0.3) is 0 Å². The summed E-state index contributed by atoms with van der Waals surface area (Å²) in [6, 6.07) is 0. The van der Waals surface area contributed by atoms with Gasteiger partial charge in [0.15, 0.2) is 6.10 Å². The minimum Gasteiger partial charge on any atom is -0.462 e. The number of carbonyl (C=O) groups excluding carboxylic acids is 3. The SMILES string of the molecule is CC/C=C\C/C=C\C/C=C\C/C=C\C/C=C\C/C=C\C/C=C\C/C=C\C/C=C\CCCCCC(=O)OCC(COC(=O)CCCCCCCC)OC(=O)CCCCCCC/C=C\CCCCCCC. The predicted octanol–water partition coefficient (Wildman–Crippen LogP) is 18.9. The number of carbonyl (C=O) groups is 3. The summed E-state index contributed by atoms with van der Waals surface area (Å²) in [6.07, 6.45) is 77.9. The molecule has 0 fully saturated rings. The molecule has 0 bridgehead atoms. The van der Waals surface area contributed by atoms with Gasteiger partial charge in [-0.05, 0) is 116 Å². The van der Waals surface area contributed by atoms with Crippen LogP contribution < -0.4 is 0 Å². The third-order valence-corrected chi connectivity index (χ3v) is 11.5. The molecule has 6 heteroatoms. The van der Waals surface area contributed by atoms with Crippen LogP contribution in [0.4, 0.5) is 0 Å². The smallest absolute Gasteiger partial charge is 0.306 e. The molecular weight excluding hydrogens is 853 g/mol. The van der Waals surface area contributed by atoms with E-state index >= 15 is 0 Å². The van der Waals surface area contributed by atoms with Crippen molar-refractivity contribution in [3.8, 4) is 0 Å². The Hall–Kier alpha value is -4.19. The van der Waals surface area contributed by atoms with Crippen LogP contribution in [0, 0.1) is 0 Å². The minimum atomic E-state index is -0.795. The second kappa shape index (κ2) is 56.4. The maximum atomic E-state index is 12.7. The first-order valence-electron chi connectivity index (χ1n) is 28.0. The molecule has 390 valence electrons. The molecule has 0 rings (SSSR count). The van der Waals surface area contributed by atoms with Gasteiger partial charge in [-0.2, -0.15) is 0 Å². The second-order valence-corrected chi connectivity index (χ2v) is 18.1. The Kier molecular flexibility index (Phi) is 53.0. The minimum absolute atomic E-state index is 0.0940. The Morgan fingerprint density at radius 1 is 0.304 bits per heavy atom. The molecule has 0 aliphatic heterocycles. The van der Waals surface area contributed by atoms with Crippen LogP contribution in [-0.2, 0) is 28.6 Å². The number of allylic oxidation sites excluding steroid dienone is 20. The Balaban J connectivity index is 4.22. The highest BCUT2D eigenvalue weighted by atomic mass is 16.6. The van der Waals surface area contributed by atoms with Gasteiger partial charge in [-0.15, -0.1) is 0 Å². The zero-order valence-corrected chi connectivity index (χ0v) is 44.5. The average Bonchev–Trinajstić information content (AvgIpc) is 3.35. The Labute approximate surface area is 424 Å². The fraction of sp³-hybridized carbons (Fsp3) is 0.635. The van der Waals surface area contributed by atoms with E-state index in [9.17, 15) is 14.4 Å². The van der Waals surface area contributed by atoms with Gasteiger partial charge in [-0.1, -0.05) is 226 Å². The summed E-state index contributed by atoms with van der Waals surface area (Å²) in [5, 5.41) is 0. The molecule has 0 aliphatic carbocycles. The largest absolute Gasteiger partial charge is 0.462 e. The van der Waals surface area contributed by atoms with Crippen LogP contribution in [0.2, 0.25) is 0 Å². The molecule has 6 nitrogen and oxygen atoms in total. The van der Waals surface area contributed by atoms with E-state index in [0.29, 0.717) is 19.3 Å². The van der Waals surface area contributed by atoms with Crippen molar-refractivity contribution in [2.24, 2.45) is 0 Å². The van der Waals surface area contributed by atoms with Crippen LogP contribution in [0.15, 0.2) is 122 Å². The summed E-state index contributed by atoms with van der Waals surface area (Å²) in [4.78, 5) is 37.8. The molecule has 0 aromatic carbocycles. The fourth-order valence-corrected chi connectivity index (χ4v) is 7.25. The lowest BCUT2D eigenvalue weighted by atomic mass is 10.1. The van der Waals surface area contributed by atoms with Gasteiger partial charge < -0.3 is 14.2 Å². The van der Waals surface area contributed by atoms with Crippen molar-refractivity contribution in [3.63, 3.8) is 0 Å². The zero-order valence-electron chi connectivity index (χ0n) is 44.5. The molecule has 0 heterocycles. The molecule has 0 aromatic rings. The molecule has 0 spiro atoms. The molecule has 0 saturated heterocycles. The lowest BCUT2D eigenvalue weighted by Gasteiger charge is -2.18. The van der Waals surface area contributed by atoms with Crippen LogP contribution in [0.3, 0.4) is 0 Å². The van der Waals surface area contributed by atoms with Crippen molar-refractivity contribution in [2.75, 3.05) is 13.2 Å². The van der Waals surface area contributed by atoms with Crippen LogP contribution >= 0.6 is 0 Å². The lowest BCUT2D eigenvalue weighted by Crippen LogP contribution is -2.30. The number of esters is 3. The van der Waals surface area contributed by atoms with Crippen molar-refractivity contribution in [3.05, 3.63) is 122 Å². The van der Waals surface area contributed by atoms with Crippen molar-refractivity contribution < 1.29 is 28.6 Å². The first-order valence-corrected chi connectivity index (χ1v) is 28.0. The maximum Gasteiger partial charge on any atom is 0.306 e. The Bertz CT molecular complexity index is 1470. The van der Waals surface area contributed by atoms with Gasteiger partial charge in [-0.25, -0.2) is 0 Å². The zero-order chi connectivity index (χ0) is 50.0. The van der Waals surface area contributed by atoms with E-state index in [2.05, 4.69) is 142 Å². The van der Waals surface area contributed by atoms with Crippen LogP contribution in [0.25, 0.3) is 0 Å². The van der Waals surface area contributed by atoms with E-state index in [0.717, 1.165) is 135 Å². The second-order valence-electron chi connectivity index (χ2n) is 18.1. The topological polar surface area (TPSA) is 78.9 Å². The Morgan fingerprint density at radius 3 is 0.913 bits per heavy atom. The molecule has 0 amide bonds. The first kappa shape index (κ1) is 64.8. The first-order chi connectivity index (χ1) is 34.0. The summed E-state index contributed by atoms with van der Waals surface area (Å²) in [5.74, 6) is -0.952. The molecule has 1 unspecified atom stereocenters. The summed E-state index contributed by atoms with van der Waals surface area (Å²) < 4.78 is 16.7. The van der Waals surface area contributed by atoms with E-state index in [1.807, 2.05) is 0 Å². The molecule has 0 aliphatic rings. The van der Waals surface area contributed by atoms with E-state index in [-0.39, 0.29) is 31.1 Å². The highest BCUT2D eigenvalue weighted by molar-refractivity contribution is 5.71. The quantitative estimate of drug-likeness (QED) is 0.0262. The lowest BCUT2D eigenvalue weighted by molar-refractivity contribution is -0.167. The monoisotopic (exact) mass is 955 g/mol. The normalized spacial score (nSPS) is 13.0. The number of unbranched alkanes of at least 4 members (excludes halogenated alkanes) is 18. The van der Waals surface area contributed by atoms with E-state index in [1.54, 1.807) is 0 Å². The molecule has 69 heavy (non-hydrogen) atoms. The molecular formula is C63H102O6. The van der Waals surface area contributed by atoms with Crippen LogP contribution in [-0.4, -0.2) is 37.2 Å². The standard InChI is InChI=1S/C63H102O6/c1-4-7-10-13-16-18-20-22-24-25-26-27-28-29-30-31-32-33-34-35-36-37-38-39-40-42-43-45-47-50-53-56-62(65)68-59-60(58-67-61(64)55-52-49-15-12-9-6-3)69-63(66)57-54-51-48-46-44-41-23-21-19-17-14-11-8-5-2/h7,10,16,18,21-24,26-27,29-30,32-33,35-36,38-39,42-43,60H,4-6,8-9,11-15,17,19-20,25,28,31,34,37,40-41,44-59H2,1-3H3/b10-7-,18-16-,23-21-,24-22-,27-26-,30-29-,33-32-,36-35-,39-38-,43-42-. The van der Waals surface area contributed by atoms with E-state index < -0.39 is 6.10 Å². The summed E-state index contributed by atoms with van der Waals surface area (Å²) >= 11 is 0. The summed E-state index contributed by atoms with van der Waals surface area (Å²) in [5.41, 5.74) is 0. The summed E-state index contributed by atoms with van der Waals surface area (Å²) in [6.45, 7) is 6.40. The van der Waals surface area contributed by atoms with Gasteiger partial charge in [0.2, 0.25) is 0 Å². The van der Waals surface area contributed by atoms with E-state index in [1.165, 1.54) is 64.2 Å². The number of ether oxygens (including phenoxy) is 3. The maximum absolute atomic E-state index is 12.7. The van der Waals surface area contributed by atoms with E-state index in [4.69, 9.17) is 14.2 Å². The molecule has 0 aromatic heterocycles. The molecule has 0 saturated carbocycles. The van der Waals surface area contributed by atoms with Crippen molar-refractivity contribution >= 4 is 17.9 Å². The van der Waals surface area contributed by atoms with Crippen molar-refractivity contribution in [2.45, 2.75) is 245 Å².